The normalized spacial score (nSPS) is 12.9. The molecule has 6 nitrogen and oxygen atoms in total. The summed E-state index contributed by atoms with van der Waals surface area (Å²) in [5.74, 6) is -0.130. The summed E-state index contributed by atoms with van der Waals surface area (Å²) in [5, 5.41) is 8.75. The molecular weight excluding hydrogens is 444 g/mol. The van der Waals surface area contributed by atoms with Crippen molar-refractivity contribution in [2.75, 3.05) is 41.4 Å². The Bertz CT molecular complexity index is 1110. The van der Waals surface area contributed by atoms with Crippen molar-refractivity contribution in [3.05, 3.63) is 83.9 Å². The zero-order valence-electron chi connectivity index (χ0n) is 19.3. The largest absolute Gasteiger partial charge is 0.371 e. The van der Waals surface area contributed by atoms with Gasteiger partial charge in [0.15, 0.2) is 0 Å². The number of amides is 3. The highest BCUT2D eigenvalue weighted by atomic mass is 32.2. The number of urea groups is 1. The summed E-state index contributed by atoms with van der Waals surface area (Å²) in [6, 6.07) is 23.0. The van der Waals surface area contributed by atoms with Gasteiger partial charge in [0.05, 0.1) is 5.56 Å². The van der Waals surface area contributed by atoms with Gasteiger partial charge in [-0.15, -0.1) is 11.8 Å². The summed E-state index contributed by atoms with van der Waals surface area (Å²) >= 11 is 1.65. The molecule has 3 aromatic rings. The molecular formula is C27H30N4O2S. The highest BCUT2D eigenvalue weighted by Crippen LogP contribution is 2.28. The van der Waals surface area contributed by atoms with Crippen LogP contribution in [0.1, 0.15) is 28.8 Å². The standard InChI is InChI=1S/C27H30N4O2S/c1-34-23-12-9-21(10-13-23)29-27(33)30-22-11-14-25(31-17-5-6-18-31)24(19-22)26(32)28-16-15-20-7-3-2-4-8-20/h2-4,7-14,19H,5-6,15-18H2,1H3,(H,28,32)(H2,29,30,33). The van der Waals surface area contributed by atoms with Crippen molar-refractivity contribution in [2.45, 2.75) is 24.2 Å². The SMILES string of the molecule is CSc1ccc(NC(=O)Nc2ccc(N3CCCC3)c(C(=O)NCCc3ccccc3)c2)cc1. The molecule has 0 bridgehead atoms. The van der Waals surface area contributed by atoms with E-state index in [4.69, 9.17) is 0 Å². The van der Waals surface area contributed by atoms with E-state index in [1.165, 1.54) is 5.56 Å². The first-order valence-electron chi connectivity index (χ1n) is 11.6. The van der Waals surface area contributed by atoms with Gasteiger partial charge in [0.1, 0.15) is 0 Å². The van der Waals surface area contributed by atoms with Gasteiger partial charge in [-0.3, -0.25) is 4.79 Å². The minimum atomic E-state index is -0.346. The van der Waals surface area contributed by atoms with Crippen LogP contribution in [-0.4, -0.2) is 37.8 Å². The quantitative estimate of drug-likeness (QED) is 0.370. The maximum atomic E-state index is 13.1. The molecule has 1 heterocycles. The molecule has 0 spiro atoms. The van der Waals surface area contributed by atoms with E-state index >= 15 is 0 Å². The van der Waals surface area contributed by atoms with E-state index in [1.54, 1.807) is 17.8 Å². The summed E-state index contributed by atoms with van der Waals surface area (Å²) < 4.78 is 0. The van der Waals surface area contributed by atoms with Gasteiger partial charge >= 0.3 is 6.03 Å². The van der Waals surface area contributed by atoms with Crippen LogP contribution < -0.4 is 20.9 Å². The number of nitrogens with zero attached hydrogens (tertiary/aromatic N) is 1. The number of hydrogen-bond acceptors (Lipinski definition) is 4. The van der Waals surface area contributed by atoms with E-state index in [2.05, 4.69) is 33.0 Å². The summed E-state index contributed by atoms with van der Waals surface area (Å²) in [6.07, 6.45) is 5.01. The van der Waals surface area contributed by atoms with Crippen LogP contribution in [0, 0.1) is 0 Å². The molecule has 1 aliphatic rings. The molecule has 176 valence electrons. The lowest BCUT2D eigenvalue weighted by Crippen LogP contribution is -2.29. The Balaban J connectivity index is 1.44. The second-order valence-electron chi connectivity index (χ2n) is 8.23. The summed E-state index contributed by atoms with van der Waals surface area (Å²) in [4.78, 5) is 29.1. The van der Waals surface area contributed by atoms with Crippen LogP contribution in [0.3, 0.4) is 0 Å². The van der Waals surface area contributed by atoms with Crippen molar-refractivity contribution >= 4 is 40.8 Å². The van der Waals surface area contributed by atoms with Crippen molar-refractivity contribution in [1.29, 1.82) is 0 Å². The maximum absolute atomic E-state index is 13.1. The molecule has 34 heavy (non-hydrogen) atoms. The van der Waals surface area contributed by atoms with Crippen molar-refractivity contribution in [2.24, 2.45) is 0 Å². The number of hydrogen-bond donors (Lipinski definition) is 3. The molecule has 3 N–H and O–H groups in total. The predicted molar refractivity (Wildman–Crippen MR) is 141 cm³/mol. The molecule has 0 radical (unpaired) electrons. The topological polar surface area (TPSA) is 73.5 Å². The molecule has 0 saturated carbocycles. The van der Waals surface area contributed by atoms with Gasteiger partial charge in [-0.2, -0.15) is 0 Å². The number of carbonyl (C=O) groups is 2. The van der Waals surface area contributed by atoms with Crippen LogP contribution >= 0.6 is 11.8 Å². The highest BCUT2D eigenvalue weighted by molar-refractivity contribution is 7.98. The van der Waals surface area contributed by atoms with Crippen LogP contribution in [0.5, 0.6) is 0 Å². The highest BCUT2D eigenvalue weighted by Gasteiger charge is 2.20. The maximum Gasteiger partial charge on any atom is 0.323 e. The molecule has 0 atom stereocenters. The number of anilines is 3. The molecule has 1 fully saturated rings. The van der Waals surface area contributed by atoms with Crippen molar-refractivity contribution < 1.29 is 9.59 Å². The lowest BCUT2D eigenvalue weighted by atomic mass is 10.1. The van der Waals surface area contributed by atoms with Gasteiger partial charge < -0.3 is 20.9 Å². The molecule has 7 heteroatoms. The second kappa shape index (κ2) is 11.6. The minimum absolute atomic E-state index is 0.130. The van der Waals surface area contributed by atoms with E-state index in [0.29, 0.717) is 23.5 Å². The fourth-order valence-electron chi connectivity index (χ4n) is 4.06. The monoisotopic (exact) mass is 474 g/mol. The molecule has 1 aliphatic heterocycles. The Morgan fingerprint density at radius 1 is 0.882 bits per heavy atom. The number of benzene rings is 3. The van der Waals surface area contributed by atoms with E-state index in [-0.39, 0.29) is 11.9 Å². The number of thioether (sulfide) groups is 1. The van der Waals surface area contributed by atoms with Gasteiger partial charge in [-0.25, -0.2) is 4.79 Å². The summed E-state index contributed by atoms with van der Waals surface area (Å²) in [7, 11) is 0. The van der Waals surface area contributed by atoms with Crippen LogP contribution in [0.25, 0.3) is 0 Å². The van der Waals surface area contributed by atoms with Gasteiger partial charge in [-0.1, -0.05) is 30.3 Å². The van der Waals surface area contributed by atoms with Crippen LogP contribution in [0.4, 0.5) is 21.9 Å². The Labute approximate surface area is 205 Å². The third kappa shape index (κ3) is 6.32. The van der Waals surface area contributed by atoms with E-state index in [0.717, 1.165) is 42.9 Å². The van der Waals surface area contributed by atoms with E-state index in [1.807, 2.05) is 60.9 Å². The van der Waals surface area contributed by atoms with Crippen molar-refractivity contribution in [3.63, 3.8) is 0 Å². The van der Waals surface area contributed by atoms with Gasteiger partial charge in [-0.05, 0) is 73.5 Å². The molecule has 4 rings (SSSR count). The fraction of sp³-hybridized carbons (Fsp3) is 0.259. The smallest absolute Gasteiger partial charge is 0.323 e. The Kier molecular flexibility index (Phi) is 8.09. The van der Waals surface area contributed by atoms with Crippen molar-refractivity contribution in [3.8, 4) is 0 Å². The third-order valence-electron chi connectivity index (χ3n) is 5.84. The molecule has 0 unspecified atom stereocenters. The number of rotatable bonds is 8. The zero-order chi connectivity index (χ0) is 23.8. The van der Waals surface area contributed by atoms with Crippen molar-refractivity contribution in [1.82, 2.24) is 5.32 Å². The first-order chi connectivity index (χ1) is 16.6. The first-order valence-corrected chi connectivity index (χ1v) is 12.8. The van der Waals surface area contributed by atoms with Crippen LogP contribution in [-0.2, 0) is 6.42 Å². The lowest BCUT2D eigenvalue weighted by Gasteiger charge is -2.22. The number of nitrogens with one attached hydrogen (secondary N) is 3. The number of carbonyl (C=O) groups excluding carboxylic acids is 2. The molecule has 3 aromatic carbocycles. The predicted octanol–water partition coefficient (Wildman–Crippen LogP) is 5.63. The fourth-order valence-corrected chi connectivity index (χ4v) is 4.47. The summed E-state index contributed by atoms with van der Waals surface area (Å²) in [5.41, 5.74) is 3.96. The third-order valence-corrected chi connectivity index (χ3v) is 6.58. The average molecular weight is 475 g/mol. The molecule has 1 saturated heterocycles. The van der Waals surface area contributed by atoms with Crippen LogP contribution in [0.15, 0.2) is 77.7 Å². The molecule has 3 amide bonds. The van der Waals surface area contributed by atoms with E-state index in [9.17, 15) is 9.59 Å². The van der Waals surface area contributed by atoms with E-state index < -0.39 is 0 Å². The molecule has 0 aromatic heterocycles. The minimum Gasteiger partial charge on any atom is -0.371 e. The average Bonchev–Trinajstić information content (AvgIpc) is 3.40. The zero-order valence-corrected chi connectivity index (χ0v) is 20.2. The Morgan fingerprint density at radius 2 is 1.56 bits per heavy atom. The van der Waals surface area contributed by atoms with Gasteiger partial charge in [0.2, 0.25) is 0 Å². The Morgan fingerprint density at radius 3 is 2.26 bits per heavy atom. The Hall–Kier alpha value is -3.45. The lowest BCUT2D eigenvalue weighted by molar-refractivity contribution is 0.0954. The second-order valence-corrected chi connectivity index (χ2v) is 9.10. The van der Waals surface area contributed by atoms with Gasteiger partial charge in [0, 0.05) is 41.6 Å². The van der Waals surface area contributed by atoms with Crippen LogP contribution in [0.2, 0.25) is 0 Å². The van der Waals surface area contributed by atoms with Gasteiger partial charge in [0.25, 0.3) is 5.91 Å². The summed E-state index contributed by atoms with van der Waals surface area (Å²) in [6.45, 7) is 2.42. The molecule has 0 aliphatic carbocycles. The first kappa shape index (κ1) is 23.7.